The molecule has 8 heteroatoms. The maximum Gasteiger partial charge on any atom is 0.255 e. The van der Waals surface area contributed by atoms with E-state index in [1.54, 1.807) is 24.3 Å². The molecule has 0 aromatic heterocycles. The fourth-order valence-corrected chi connectivity index (χ4v) is 1.54. The lowest BCUT2D eigenvalue weighted by molar-refractivity contribution is -0.123. The van der Waals surface area contributed by atoms with Crippen LogP contribution in [-0.2, 0) is 14.4 Å². The molecule has 0 saturated carbocycles. The van der Waals surface area contributed by atoms with Crippen LogP contribution in [-0.4, -0.2) is 45.0 Å². The molecular formula is C15H19N3O5. The van der Waals surface area contributed by atoms with E-state index in [0.717, 1.165) is 0 Å². The van der Waals surface area contributed by atoms with E-state index in [0.29, 0.717) is 17.1 Å². The topological polar surface area (TPSA) is 120 Å². The van der Waals surface area contributed by atoms with E-state index < -0.39 is 11.8 Å². The van der Waals surface area contributed by atoms with Crippen molar-refractivity contribution < 1.29 is 23.9 Å². The third-order valence-electron chi connectivity index (χ3n) is 2.69. The van der Waals surface area contributed by atoms with Gasteiger partial charge in [0.05, 0.1) is 13.7 Å². The Bertz CT molecular complexity index is 613. The first-order valence-electron chi connectivity index (χ1n) is 6.72. The Kier molecular flexibility index (Phi) is 7.12. The van der Waals surface area contributed by atoms with E-state index in [-0.39, 0.29) is 19.1 Å². The van der Waals surface area contributed by atoms with Gasteiger partial charge in [-0.15, -0.1) is 0 Å². The summed E-state index contributed by atoms with van der Waals surface area (Å²) in [6, 6.07) is 4.92. The zero-order valence-electron chi connectivity index (χ0n) is 12.9. The highest BCUT2D eigenvalue weighted by atomic mass is 16.5. The lowest BCUT2D eigenvalue weighted by Gasteiger charge is -2.09. The zero-order valence-corrected chi connectivity index (χ0v) is 12.9. The number of hydrogen-bond acceptors (Lipinski definition) is 5. The van der Waals surface area contributed by atoms with Gasteiger partial charge in [0.1, 0.15) is 0 Å². The Morgan fingerprint density at radius 2 is 2.00 bits per heavy atom. The number of nitrogens with one attached hydrogen (secondary N) is 2. The highest BCUT2D eigenvalue weighted by Gasteiger charge is 2.06. The summed E-state index contributed by atoms with van der Waals surface area (Å²) in [4.78, 5) is 33.3. The van der Waals surface area contributed by atoms with Gasteiger partial charge in [-0.25, -0.2) is 0 Å². The first-order chi connectivity index (χ1) is 11.0. The minimum Gasteiger partial charge on any atom is -0.493 e. The Hall–Kier alpha value is -3.03. The molecule has 23 heavy (non-hydrogen) atoms. The Morgan fingerprint density at radius 3 is 2.61 bits per heavy atom. The maximum absolute atomic E-state index is 11.6. The van der Waals surface area contributed by atoms with Crippen LogP contribution >= 0.6 is 0 Å². The molecule has 0 saturated heterocycles. The van der Waals surface area contributed by atoms with Gasteiger partial charge in [0.2, 0.25) is 11.8 Å². The van der Waals surface area contributed by atoms with Crippen LogP contribution in [0.4, 0.5) is 0 Å². The third kappa shape index (κ3) is 6.51. The fourth-order valence-electron chi connectivity index (χ4n) is 1.54. The lowest BCUT2D eigenvalue weighted by atomic mass is 10.2. The van der Waals surface area contributed by atoms with E-state index in [2.05, 4.69) is 10.6 Å². The highest BCUT2D eigenvalue weighted by Crippen LogP contribution is 2.28. The van der Waals surface area contributed by atoms with Gasteiger partial charge in [-0.1, -0.05) is 6.07 Å². The number of rotatable bonds is 8. The second-order valence-corrected chi connectivity index (χ2v) is 4.39. The summed E-state index contributed by atoms with van der Waals surface area (Å²) in [7, 11) is 2.94. The van der Waals surface area contributed by atoms with Crippen molar-refractivity contribution in [2.75, 3.05) is 27.3 Å². The van der Waals surface area contributed by atoms with Crippen LogP contribution in [0.3, 0.4) is 0 Å². The molecule has 0 bridgehead atoms. The number of nitrogens with two attached hydrogens (primary N) is 1. The minimum absolute atomic E-state index is 0.0944. The van der Waals surface area contributed by atoms with E-state index >= 15 is 0 Å². The molecule has 0 unspecified atom stereocenters. The number of likely N-dealkylation sites (N-methyl/N-ethyl adjacent to an activating group) is 1. The molecule has 1 rings (SSSR count). The van der Waals surface area contributed by atoms with Gasteiger partial charge >= 0.3 is 0 Å². The van der Waals surface area contributed by atoms with Crippen molar-refractivity contribution in [3.63, 3.8) is 0 Å². The van der Waals surface area contributed by atoms with Crippen molar-refractivity contribution in [2.24, 2.45) is 5.73 Å². The molecule has 0 aliphatic rings. The summed E-state index contributed by atoms with van der Waals surface area (Å²) in [6.45, 7) is -0.351. The molecular weight excluding hydrogens is 302 g/mol. The molecule has 3 amide bonds. The van der Waals surface area contributed by atoms with Gasteiger partial charge in [0, 0.05) is 13.1 Å². The van der Waals surface area contributed by atoms with E-state index in [9.17, 15) is 14.4 Å². The van der Waals surface area contributed by atoms with Gasteiger partial charge in [0.25, 0.3) is 5.91 Å². The smallest absolute Gasteiger partial charge is 0.255 e. The predicted octanol–water partition coefficient (Wildman–Crippen LogP) is -0.565. The van der Waals surface area contributed by atoms with Gasteiger partial charge < -0.3 is 25.8 Å². The molecule has 1 aromatic rings. The molecule has 0 aliphatic heterocycles. The third-order valence-corrected chi connectivity index (χ3v) is 2.69. The summed E-state index contributed by atoms with van der Waals surface area (Å²) in [6.07, 6.45) is 2.85. The molecule has 0 atom stereocenters. The van der Waals surface area contributed by atoms with Gasteiger partial charge in [-0.2, -0.15) is 0 Å². The molecule has 0 spiro atoms. The van der Waals surface area contributed by atoms with Crippen molar-refractivity contribution in [3.05, 3.63) is 29.8 Å². The second-order valence-electron chi connectivity index (χ2n) is 4.39. The summed E-state index contributed by atoms with van der Waals surface area (Å²) < 4.78 is 10.4. The Balaban J connectivity index is 2.70. The summed E-state index contributed by atoms with van der Waals surface area (Å²) in [5, 5.41) is 4.83. The van der Waals surface area contributed by atoms with Crippen LogP contribution in [0.15, 0.2) is 24.3 Å². The standard InChI is InChI=1S/C15H19N3O5/c1-17-15(21)8-18-14(20)6-4-10-3-5-11(12(7-10)22-2)23-9-13(16)19/h3-7H,8-9H2,1-2H3,(H2,16,19)(H,17,21)(H,18,20)/b6-4+. The van der Waals surface area contributed by atoms with Crippen molar-refractivity contribution in [2.45, 2.75) is 0 Å². The van der Waals surface area contributed by atoms with Crippen LogP contribution in [0.25, 0.3) is 6.08 Å². The number of amides is 3. The zero-order chi connectivity index (χ0) is 17.2. The number of primary amides is 1. The molecule has 124 valence electrons. The van der Waals surface area contributed by atoms with Gasteiger partial charge in [-0.3, -0.25) is 14.4 Å². The van der Waals surface area contributed by atoms with Crippen molar-refractivity contribution in [3.8, 4) is 11.5 Å². The summed E-state index contributed by atoms with van der Waals surface area (Å²) in [5.41, 5.74) is 5.70. The molecule has 1 aromatic carbocycles. The monoisotopic (exact) mass is 321 g/mol. The molecule has 8 nitrogen and oxygen atoms in total. The van der Waals surface area contributed by atoms with E-state index in [1.807, 2.05) is 0 Å². The lowest BCUT2D eigenvalue weighted by Crippen LogP contribution is -2.34. The number of hydrogen-bond donors (Lipinski definition) is 3. The van der Waals surface area contributed by atoms with Gasteiger partial charge in [0.15, 0.2) is 18.1 Å². The van der Waals surface area contributed by atoms with Crippen molar-refractivity contribution in [1.29, 1.82) is 0 Å². The number of benzene rings is 1. The first-order valence-corrected chi connectivity index (χ1v) is 6.72. The Labute approximate surface area is 133 Å². The highest BCUT2D eigenvalue weighted by molar-refractivity contribution is 5.94. The van der Waals surface area contributed by atoms with Crippen molar-refractivity contribution >= 4 is 23.8 Å². The van der Waals surface area contributed by atoms with Crippen LogP contribution < -0.4 is 25.8 Å². The molecule has 0 heterocycles. The van der Waals surface area contributed by atoms with E-state index in [4.69, 9.17) is 15.2 Å². The number of carbonyl (C=O) groups is 3. The van der Waals surface area contributed by atoms with Crippen LogP contribution in [0.2, 0.25) is 0 Å². The predicted molar refractivity (Wildman–Crippen MR) is 83.8 cm³/mol. The average Bonchev–Trinajstić information content (AvgIpc) is 2.55. The second kappa shape index (κ2) is 9.08. The normalized spacial score (nSPS) is 10.2. The quantitative estimate of drug-likeness (QED) is 0.554. The fraction of sp³-hybridized carbons (Fsp3) is 0.267. The van der Waals surface area contributed by atoms with E-state index in [1.165, 1.54) is 20.2 Å². The SMILES string of the molecule is CNC(=O)CNC(=O)/C=C/c1ccc(OCC(N)=O)c(OC)c1. The molecule has 0 radical (unpaired) electrons. The number of ether oxygens (including phenoxy) is 2. The first kappa shape index (κ1) is 18.0. The summed E-state index contributed by atoms with van der Waals surface area (Å²) >= 11 is 0. The minimum atomic E-state index is -0.594. The van der Waals surface area contributed by atoms with Crippen LogP contribution in [0, 0.1) is 0 Å². The van der Waals surface area contributed by atoms with Gasteiger partial charge in [-0.05, 0) is 23.8 Å². The molecule has 4 N–H and O–H groups in total. The molecule has 0 fully saturated rings. The van der Waals surface area contributed by atoms with Crippen LogP contribution in [0.1, 0.15) is 5.56 Å². The van der Waals surface area contributed by atoms with Crippen molar-refractivity contribution in [1.82, 2.24) is 10.6 Å². The maximum atomic E-state index is 11.6. The van der Waals surface area contributed by atoms with Crippen LogP contribution in [0.5, 0.6) is 11.5 Å². The number of methoxy groups -OCH3 is 1. The number of carbonyl (C=O) groups excluding carboxylic acids is 3. The Morgan fingerprint density at radius 1 is 1.26 bits per heavy atom. The largest absolute Gasteiger partial charge is 0.493 e. The molecule has 0 aliphatic carbocycles. The average molecular weight is 321 g/mol. The summed E-state index contributed by atoms with van der Waals surface area (Å²) in [5.74, 6) is -0.513.